The van der Waals surface area contributed by atoms with Crippen molar-refractivity contribution in [2.45, 2.75) is 25.9 Å². The number of fused-ring (bicyclic) bond motifs is 1. The first-order valence-electron chi connectivity index (χ1n) is 11.1. The van der Waals surface area contributed by atoms with E-state index in [-0.39, 0.29) is 11.9 Å². The molecule has 0 saturated carbocycles. The summed E-state index contributed by atoms with van der Waals surface area (Å²) < 4.78 is 19.7. The van der Waals surface area contributed by atoms with Crippen LogP contribution in [0.25, 0.3) is 11.3 Å². The molecule has 1 aliphatic rings. The van der Waals surface area contributed by atoms with Crippen LogP contribution in [-0.4, -0.2) is 37.9 Å². The average Bonchev–Trinajstić information content (AvgIpc) is 2.86. The number of halogens is 1. The Balaban J connectivity index is 1.68. The number of aryl methyl sites for hydroxylation is 1. The molecule has 0 spiro atoms. The molecule has 3 aromatic heterocycles. The average molecular weight is 471 g/mol. The highest BCUT2D eigenvalue weighted by Gasteiger charge is 2.37. The zero-order valence-electron chi connectivity index (χ0n) is 19.3. The monoisotopic (exact) mass is 470 g/mol. The Morgan fingerprint density at radius 3 is 2.69 bits per heavy atom. The number of carbonyl (C=O) groups excluding carboxylic acids is 1. The first-order valence-corrected chi connectivity index (χ1v) is 11.1. The molecule has 35 heavy (non-hydrogen) atoms. The van der Waals surface area contributed by atoms with Crippen molar-refractivity contribution in [3.05, 3.63) is 94.8 Å². The summed E-state index contributed by atoms with van der Waals surface area (Å²) in [6.45, 7) is 2.08. The van der Waals surface area contributed by atoms with E-state index in [1.807, 2.05) is 12.1 Å². The number of aromatic nitrogens is 4. The number of hydrogen-bond donors (Lipinski definition) is 1. The summed E-state index contributed by atoms with van der Waals surface area (Å²) >= 11 is 0. The topological polar surface area (TPSA) is 107 Å². The zero-order valence-corrected chi connectivity index (χ0v) is 19.3. The molecule has 1 amide bonds. The molecule has 4 heterocycles. The maximum atomic E-state index is 14.5. The molecule has 0 bridgehead atoms. The van der Waals surface area contributed by atoms with Gasteiger partial charge in [0.1, 0.15) is 5.82 Å². The molecule has 8 nitrogen and oxygen atoms in total. The Morgan fingerprint density at radius 1 is 1.11 bits per heavy atom. The van der Waals surface area contributed by atoms with Gasteiger partial charge in [0.05, 0.1) is 35.8 Å². The van der Waals surface area contributed by atoms with E-state index in [1.165, 1.54) is 19.2 Å². The van der Waals surface area contributed by atoms with Crippen molar-refractivity contribution in [1.29, 1.82) is 0 Å². The third-order valence-corrected chi connectivity index (χ3v) is 6.11. The van der Waals surface area contributed by atoms with Gasteiger partial charge in [0.2, 0.25) is 11.8 Å². The summed E-state index contributed by atoms with van der Waals surface area (Å²) in [5.41, 5.74) is 10.2. The SMILES string of the molecule is COc1cccc(-c2cc(F)ccc2[C@H]2Cc3nc(N)nc(C)c3C(=O)N2Cc2ccncc2)n1. The Bertz CT molecular complexity index is 1410. The highest BCUT2D eigenvalue weighted by molar-refractivity contribution is 5.98. The minimum Gasteiger partial charge on any atom is -0.481 e. The van der Waals surface area contributed by atoms with Crippen LogP contribution in [0.1, 0.15) is 38.9 Å². The summed E-state index contributed by atoms with van der Waals surface area (Å²) in [7, 11) is 1.53. The van der Waals surface area contributed by atoms with Crippen molar-refractivity contribution in [3.8, 4) is 17.1 Å². The molecule has 0 unspecified atom stereocenters. The van der Waals surface area contributed by atoms with Crippen molar-refractivity contribution >= 4 is 11.9 Å². The number of hydrogen-bond acceptors (Lipinski definition) is 7. The molecular weight excluding hydrogens is 447 g/mol. The van der Waals surface area contributed by atoms with Crippen LogP contribution in [0.3, 0.4) is 0 Å². The Kier molecular flexibility index (Phi) is 5.82. The van der Waals surface area contributed by atoms with Gasteiger partial charge in [-0.1, -0.05) is 12.1 Å². The smallest absolute Gasteiger partial charge is 0.258 e. The summed E-state index contributed by atoms with van der Waals surface area (Å²) in [5, 5.41) is 0. The standard InChI is InChI=1S/C26H23FN6O2/c1-15-24-21(32-26(28)30-15)13-22(33(25(24)34)14-16-8-10-29-11-9-16)18-7-6-17(27)12-19(18)20-4-3-5-23(31-20)35-2/h3-12,22H,13-14H2,1-2H3,(H2,28,30,32)/t22-/m1/s1. The van der Waals surface area contributed by atoms with E-state index in [1.54, 1.807) is 48.5 Å². The van der Waals surface area contributed by atoms with Crippen LogP contribution in [-0.2, 0) is 13.0 Å². The lowest BCUT2D eigenvalue weighted by Gasteiger charge is -2.38. The van der Waals surface area contributed by atoms with Gasteiger partial charge < -0.3 is 15.4 Å². The molecular formula is C26H23FN6O2. The number of rotatable bonds is 5. The van der Waals surface area contributed by atoms with Crippen LogP contribution in [0, 0.1) is 12.7 Å². The van der Waals surface area contributed by atoms with Gasteiger partial charge in [0.25, 0.3) is 5.91 Å². The number of methoxy groups -OCH3 is 1. The van der Waals surface area contributed by atoms with E-state index in [0.29, 0.717) is 47.1 Å². The quantitative estimate of drug-likeness (QED) is 0.471. The number of pyridine rings is 2. The second kappa shape index (κ2) is 9.09. The molecule has 9 heteroatoms. The van der Waals surface area contributed by atoms with Gasteiger partial charge >= 0.3 is 0 Å². The van der Waals surface area contributed by atoms with E-state index in [4.69, 9.17) is 10.5 Å². The van der Waals surface area contributed by atoms with Crippen molar-refractivity contribution in [2.24, 2.45) is 0 Å². The van der Waals surface area contributed by atoms with Gasteiger partial charge in [-0.3, -0.25) is 9.78 Å². The highest BCUT2D eigenvalue weighted by atomic mass is 19.1. The second-order valence-electron chi connectivity index (χ2n) is 8.29. The minimum absolute atomic E-state index is 0.115. The maximum absolute atomic E-state index is 14.5. The largest absolute Gasteiger partial charge is 0.481 e. The number of carbonyl (C=O) groups is 1. The zero-order chi connectivity index (χ0) is 24.5. The second-order valence-corrected chi connectivity index (χ2v) is 8.29. The Hall–Kier alpha value is -4.40. The minimum atomic E-state index is -0.444. The fourth-order valence-corrected chi connectivity index (χ4v) is 4.52. The molecule has 0 radical (unpaired) electrons. The van der Waals surface area contributed by atoms with Gasteiger partial charge in [-0.05, 0) is 48.4 Å². The molecule has 1 aromatic carbocycles. The van der Waals surface area contributed by atoms with Gasteiger partial charge in [0, 0.05) is 37.0 Å². The van der Waals surface area contributed by atoms with Crippen LogP contribution in [0.15, 0.2) is 60.9 Å². The number of ether oxygens (including phenoxy) is 1. The maximum Gasteiger partial charge on any atom is 0.258 e. The number of amides is 1. The van der Waals surface area contributed by atoms with E-state index in [9.17, 15) is 9.18 Å². The van der Waals surface area contributed by atoms with Crippen molar-refractivity contribution < 1.29 is 13.9 Å². The van der Waals surface area contributed by atoms with E-state index in [2.05, 4.69) is 19.9 Å². The van der Waals surface area contributed by atoms with Crippen LogP contribution in [0.5, 0.6) is 5.88 Å². The molecule has 5 rings (SSSR count). The number of anilines is 1. The molecule has 4 aromatic rings. The summed E-state index contributed by atoms with van der Waals surface area (Å²) in [5.74, 6) is -0.0878. The molecule has 0 saturated heterocycles. The van der Waals surface area contributed by atoms with Crippen LogP contribution in [0.2, 0.25) is 0 Å². The number of nitrogens with zero attached hydrogens (tertiary/aromatic N) is 5. The lowest BCUT2D eigenvalue weighted by molar-refractivity contribution is 0.0624. The van der Waals surface area contributed by atoms with Gasteiger partial charge in [-0.15, -0.1) is 0 Å². The van der Waals surface area contributed by atoms with Crippen molar-refractivity contribution in [2.75, 3.05) is 12.8 Å². The fraction of sp³-hybridized carbons (Fsp3) is 0.192. The number of nitrogen functional groups attached to an aromatic ring is 1. The van der Waals surface area contributed by atoms with E-state index in [0.717, 1.165) is 11.1 Å². The van der Waals surface area contributed by atoms with E-state index < -0.39 is 11.9 Å². The predicted molar refractivity (Wildman–Crippen MR) is 128 cm³/mol. The van der Waals surface area contributed by atoms with Gasteiger partial charge in [0.15, 0.2) is 0 Å². The molecule has 2 N–H and O–H groups in total. The Labute approximate surface area is 201 Å². The normalized spacial score (nSPS) is 15.1. The first-order chi connectivity index (χ1) is 16.9. The first kappa shape index (κ1) is 22.4. The van der Waals surface area contributed by atoms with Gasteiger partial charge in [-0.25, -0.2) is 19.3 Å². The summed E-state index contributed by atoms with van der Waals surface area (Å²) in [4.78, 5) is 32.8. The molecule has 1 atom stereocenters. The summed E-state index contributed by atoms with van der Waals surface area (Å²) in [6, 6.07) is 13.1. The Morgan fingerprint density at radius 2 is 1.91 bits per heavy atom. The molecule has 0 fully saturated rings. The van der Waals surface area contributed by atoms with Crippen LogP contribution >= 0.6 is 0 Å². The molecule has 1 aliphatic heterocycles. The van der Waals surface area contributed by atoms with E-state index >= 15 is 0 Å². The van der Waals surface area contributed by atoms with Crippen molar-refractivity contribution in [3.63, 3.8) is 0 Å². The lowest BCUT2D eigenvalue weighted by Crippen LogP contribution is -2.41. The number of benzene rings is 1. The van der Waals surface area contributed by atoms with Gasteiger partial charge in [-0.2, -0.15) is 0 Å². The van der Waals surface area contributed by atoms with Crippen LogP contribution in [0.4, 0.5) is 10.3 Å². The van der Waals surface area contributed by atoms with Crippen LogP contribution < -0.4 is 10.5 Å². The lowest BCUT2D eigenvalue weighted by atomic mass is 9.88. The third-order valence-electron chi connectivity index (χ3n) is 6.11. The predicted octanol–water partition coefficient (Wildman–Crippen LogP) is 3.91. The number of nitrogens with two attached hydrogens (primary N) is 1. The highest BCUT2D eigenvalue weighted by Crippen LogP contribution is 2.39. The molecule has 176 valence electrons. The molecule has 0 aliphatic carbocycles. The summed E-state index contributed by atoms with van der Waals surface area (Å²) in [6.07, 6.45) is 3.76. The fourth-order valence-electron chi connectivity index (χ4n) is 4.52. The van der Waals surface area contributed by atoms with Crippen molar-refractivity contribution in [1.82, 2.24) is 24.8 Å². The third kappa shape index (κ3) is 4.28.